The third-order valence-electron chi connectivity index (χ3n) is 6.57. The van der Waals surface area contributed by atoms with E-state index in [1.807, 2.05) is 17.0 Å². The molecule has 2 aromatic carbocycles. The standard InChI is InChI=1S/C28H26ClN5O5S.C2HF3O2/c1-15(2)25(35)31-17-4-5-20(29)22(13-17)32-28-33-26(36)23(40-28)12-16-3-6-21-18(11-16)24(19(14-30-21)27(37)38)34-7-9-39-10-8-34;3-2(4,5)1(6)7/h3-6,11-15H,7-10H2,1-2H3,(H,31,35)(H,37,38)(H,32,33,36);(H,6,7)/b23-12-;. The van der Waals surface area contributed by atoms with E-state index in [9.17, 15) is 32.7 Å². The molecule has 0 radical (unpaired) electrons. The molecule has 1 aromatic heterocycles. The van der Waals surface area contributed by atoms with Crippen molar-refractivity contribution < 1.29 is 47.3 Å². The summed E-state index contributed by atoms with van der Waals surface area (Å²) in [6.45, 7) is 5.73. The maximum absolute atomic E-state index is 12.8. The molecule has 0 aliphatic carbocycles. The number of carboxylic acid groups (broad SMARTS) is 2. The number of ether oxygens (including phenoxy) is 1. The number of carboxylic acids is 2. The summed E-state index contributed by atoms with van der Waals surface area (Å²) >= 11 is 7.49. The van der Waals surface area contributed by atoms with Gasteiger partial charge in [0.25, 0.3) is 5.91 Å². The number of halogens is 4. The van der Waals surface area contributed by atoms with Crippen LogP contribution in [0.1, 0.15) is 29.8 Å². The number of nitrogens with one attached hydrogen (secondary N) is 2. The fraction of sp³-hybridized carbons (Fsp3) is 0.267. The fourth-order valence-electron chi connectivity index (χ4n) is 4.27. The Kier molecular flexibility index (Phi) is 11.1. The molecule has 2 aliphatic heterocycles. The third-order valence-corrected chi connectivity index (χ3v) is 7.80. The fourth-order valence-corrected chi connectivity index (χ4v) is 5.27. The van der Waals surface area contributed by atoms with Crippen molar-refractivity contribution in [3.8, 4) is 0 Å². The Morgan fingerprint density at radius 2 is 1.83 bits per heavy atom. The molecule has 4 N–H and O–H groups in total. The van der Waals surface area contributed by atoms with Crippen LogP contribution in [0.3, 0.4) is 0 Å². The number of rotatable bonds is 6. The van der Waals surface area contributed by atoms with Crippen molar-refractivity contribution in [2.45, 2.75) is 20.0 Å². The van der Waals surface area contributed by atoms with Crippen LogP contribution in [0.15, 0.2) is 52.5 Å². The first-order valence-corrected chi connectivity index (χ1v) is 15.0. The number of thioether (sulfide) groups is 1. The Balaban J connectivity index is 0.000000644. The molecule has 2 aliphatic rings. The summed E-state index contributed by atoms with van der Waals surface area (Å²) in [7, 11) is 0. The highest BCUT2D eigenvalue weighted by Gasteiger charge is 2.38. The number of alkyl halides is 3. The van der Waals surface area contributed by atoms with Crippen molar-refractivity contribution >= 4 is 86.3 Å². The van der Waals surface area contributed by atoms with E-state index in [2.05, 4.69) is 20.6 Å². The number of amidine groups is 1. The van der Waals surface area contributed by atoms with Gasteiger partial charge in [0.15, 0.2) is 5.17 Å². The quantitative estimate of drug-likeness (QED) is 0.240. The molecule has 47 heavy (non-hydrogen) atoms. The normalized spacial score (nSPS) is 16.7. The van der Waals surface area contributed by atoms with Crippen LogP contribution in [0, 0.1) is 5.92 Å². The molecular weight excluding hydrogens is 667 g/mol. The summed E-state index contributed by atoms with van der Waals surface area (Å²) in [5, 5.41) is 23.9. The smallest absolute Gasteiger partial charge is 0.478 e. The van der Waals surface area contributed by atoms with Crippen molar-refractivity contribution in [1.29, 1.82) is 0 Å². The number of nitrogens with zero attached hydrogens (tertiary/aromatic N) is 3. The van der Waals surface area contributed by atoms with E-state index in [1.165, 1.54) is 6.20 Å². The lowest BCUT2D eigenvalue weighted by Gasteiger charge is -2.30. The number of pyridine rings is 1. The Labute approximate surface area is 274 Å². The largest absolute Gasteiger partial charge is 0.490 e. The summed E-state index contributed by atoms with van der Waals surface area (Å²) in [5.41, 5.74) is 3.02. The van der Waals surface area contributed by atoms with Gasteiger partial charge in [0.2, 0.25) is 5.91 Å². The van der Waals surface area contributed by atoms with Gasteiger partial charge in [-0.05, 0) is 53.7 Å². The number of hydrogen-bond acceptors (Lipinski definition) is 9. The molecule has 0 atom stereocenters. The van der Waals surface area contributed by atoms with E-state index in [1.54, 1.807) is 44.2 Å². The zero-order valence-corrected chi connectivity index (χ0v) is 26.3. The summed E-state index contributed by atoms with van der Waals surface area (Å²) in [6, 6.07) is 10.4. The lowest BCUT2D eigenvalue weighted by atomic mass is 10.0. The molecule has 0 bridgehead atoms. The van der Waals surface area contributed by atoms with Crippen LogP contribution in [0.25, 0.3) is 17.0 Å². The van der Waals surface area contributed by atoms with E-state index < -0.39 is 18.1 Å². The number of anilines is 2. The van der Waals surface area contributed by atoms with Gasteiger partial charge < -0.3 is 30.5 Å². The van der Waals surface area contributed by atoms with E-state index >= 15 is 0 Å². The van der Waals surface area contributed by atoms with Gasteiger partial charge in [0, 0.05) is 36.3 Å². The predicted molar refractivity (Wildman–Crippen MR) is 171 cm³/mol. The van der Waals surface area contributed by atoms with Gasteiger partial charge >= 0.3 is 18.1 Å². The zero-order valence-electron chi connectivity index (χ0n) is 24.7. The molecule has 2 saturated heterocycles. The lowest BCUT2D eigenvalue weighted by molar-refractivity contribution is -0.192. The van der Waals surface area contributed by atoms with Crippen LogP contribution < -0.4 is 15.5 Å². The number of hydrogen-bond donors (Lipinski definition) is 4. The van der Waals surface area contributed by atoms with E-state index in [0.717, 1.165) is 11.8 Å². The number of morpholine rings is 1. The highest BCUT2D eigenvalue weighted by atomic mass is 35.5. The summed E-state index contributed by atoms with van der Waals surface area (Å²) in [6.07, 6.45) is -1.98. The number of fused-ring (bicyclic) bond motifs is 1. The van der Waals surface area contributed by atoms with E-state index in [0.29, 0.717) is 74.9 Å². The topological polar surface area (TPSA) is 171 Å². The maximum atomic E-state index is 12.8. The van der Waals surface area contributed by atoms with Crippen molar-refractivity contribution in [1.82, 2.24) is 10.3 Å². The Morgan fingerprint density at radius 3 is 2.45 bits per heavy atom. The SMILES string of the molecule is CC(C)C(=O)Nc1ccc(Cl)c(N=C2NC(=O)/C(=C/c3ccc4ncc(C(=O)O)c(N5CCOCC5)c4c3)S2)c1.O=C(O)C(F)(F)F. The molecule has 5 rings (SSSR count). The van der Waals surface area contributed by atoms with E-state index in [4.69, 9.17) is 26.2 Å². The second-order valence-electron chi connectivity index (χ2n) is 10.3. The molecule has 2 amide bonds. The number of aromatic nitrogens is 1. The van der Waals surface area contributed by atoms with E-state index in [-0.39, 0.29) is 23.3 Å². The average Bonchev–Trinajstić information content (AvgIpc) is 3.36. The number of benzene rings is 2. The molecule has 248 valence electrons. The van der Waals surface area contributed by atoms with Gasteiger partial charge in [-0.1, -0.05) is 31.5 Å². The number of carbonyl (C=O) groups is 4. The molecular formula is C30H27ClF3N5O7S. The maximum Gasteiger partial charge on any atom is 0.490 e. The molecule has 17 heteroatoms. The number of carbonyl (C=O) groups excluding carboxylic acids is 2. The average molecular weight is 694 g/mol. The van der Waals surface area contributed by atoms with Crippen molar-refractivity contribution in [3.63, 3.8) is 0 Å². The van der Waals surface area contributed by atoms with Crippen LogP contribution in [0.4, 0.5) is 30.2 Å². The Hall–Kier alpha value is -4.67. The van der Waals surface area contributed by atoms with Gasteiger partial charge in [0.05, 0.1) is 40.0 Å². The Morgan fingerprint density at radius 1 is 1.15 bits per heavy atom. The van der Waals surface area contributed by atoms with Crippen molar-refractivity contribution in [3.05, 3.63) is 63.6 Å². The number of aromatic carboxylic acids is 1. The van der Waals surface area contributed by atoms with Gasteiger partial charge in [-0.15, -0.1) is 0 Å². The Bertz CT molecular complexity index is 1790. The summed E-state index contributed by atoms with van der Waals surface area (Å²) in [5.74, 6) is -4.46. The number of aliphatic imine (C=N–C) groups is 1. The lowest BCUT2D eigenvalue weighted by Crippen LogP contribution is -2.37. The molecule has 2 fully saturated rings. The minimum atomic E-state index is -5.08. The molecule has 3 aromatic rings. The van der Waals surface area contributed by atoms with Crippen molar-refractivity contribution in [2.24, 2.45) is 10.9 Å². The molecule has 0 unspecified atom stereocenters. The number of aliphatic carboxylic acids is 1. The van der Waals surface area contributed by atoms with Crippen LogP contribution in [0.2, 0.25) is 5.02 Å². The monoisotopic (exact) mass is 693 g/mol. The van der Waals surface area contributed by atoms with Crippen molar-refractivity contribution in [2.75, 3.05) is 36.5 Å². The summed E-state index contributed by atoms with van der Waals surface area (Å²) in [4.78, 5) is 57.0. The van der Waals surface area contributed by atoms with Gasteiger partial charge in [-0.3, -0.25) is 14.6 Å². The first kappa shape index (κ1) is 35.2. The highest BCUT2D eigenvalue weighted by Crippen LogP contribution is 2.35. The number of amides is 2. The highest BCUT2D eigenvalue weighted by molar-refractivity contribution is 8.18. The van der Waals surface area contributed by atoms with Crippen LogP contribution in [-0.2, 0) is 19.1 Å². The zero-order chi connectivity index (χ0) is 34.5. The van der Waals surface area contributed by atoms with Gasteiger partial charge in [-0.25, -0.2) is 14.6 Å². The first-order valence-electron chi connectivity index (χ1n) is 13.8. The molecule has 3 heterocycles. The van der Waals surface area contributed by atoms with Crippen LogP contribution >= 0.6 is 23.4 Å². The third kappa shape index (κ3) is 8.99. The summed E-state index contributed by atoms with van der Waals surface area (Å²) < 4.78 is 37.2. The second kappa shape index (κ2) is 14.8. The second-order valence-corrected chi connectivity index (χ2v) is 11.7. The minimum Gasteiger partial charge on any atom is -0.478 e. The molecule has 0 saturated carbocycles. The molecule has 0 spiro atoms. The van der Waals surface area contributed by atoms with Crippen LogP contribution in [-0.4, -0.2) is 76.6 Å². The predicted octanol–water partition coefficient (Wildman–Crippen LogP) is 5.54. The van der Waals surface area contributed by atoms with Crippen LogP contribution in [0.5, 0.6) is 0 Å². The van der Waals surface area contributed by atoms with Gasteiger partial charge in [0.1, 0.15) is 5.56 Å². The minimum absolute atomic E-state index is 0.116. The first-order chi connectivity index (χ1) is 22.1. The van der Waals surface area contributed by atoms with Gasteiger partial charge in [-0.2, -0.15) is 13.2 Å². The molecule has 12 nitrogen and oxygen atoms in total.